The van der Waals surface area contributed by atoms with Gasteiger partial charge in [0, 0.05) is 12.5 Å². The van der Waals surface area contributed by atoms with Gasteiger partial charge in [-0.15, -0.1) is 0 Å². The van der Waals surface area contributed by atoms with Gasteiger partial charge < -0.3 is 9.84 Å². The molecule has 1 fully saturated rings. The first-order chi connectivity index (χ1) is 5.79. The molecular formula is C9H14O3. The van der Waals surface area contributed by atoms with Gasteiger partial charge >= 0.3 is 5.97 Å². The number of carboxylic acids is 1. The van der Waals surface area contributed by atoms with E-state index in [0.29, 0.717) is 5.92 Å². The van der Waals surface area contributed by atoms with Crippen LogP contribution in [0.5, 0.6) is 0 Å². The summed E-state index contributed by atoms with van der Waals surface area (Å²) in [6.45, 7) is 1.60. The minimum Gasteiger partial charge on any atom is -0.481 e. The van der Waals surface area contributed by atoms with Crippen LogP contribution in [0.25, 0.3) is 0 Å². The van der Waals surface area contributed by atoms with Gasteiger partial charge in [-0.25, -0.2) is 0 Å². The van der Waals surface area contributed by atoms with Crippen LogP contribution in [0.1, 0.15) is 19.3 Å². The molecule has 0 aromatic heterocycles. The predicted octanol–water partition coefficient (Wildman–Crippen LogP) is 1.44. The molecule has 0 radical (unpaired) electrons. The molecule has 12 heavy (non-hydrogen) atoms. The van der Waals surface area contributed by atoms with E-state index in [0.717, 1.165) is 26.1 Å². The molecule has 0 aliphatic carbocycles. The Morgan fingerprint density at radius 1 is 1.67 bits per heavy atom. The standard InChI is InChI=1S/C9H14O3/c10-9(11)5-1-3-8-4-2-6-12-7-8/h1,3,8H,2,4-7H2,(H,10,11)/b3-1-. The molecule has 1 atom stereocenters. The van der Waals surface area contributed by atoms with Crippen LogP contribution in [0.15, 0.2) is 12.2 Å². The molecule has 1 aliphatic heterocycles. The normalized spacial score (nSPS) is 24.5. The maximum Gasteiger partial charge on any atom is 0.307 e. The Hall–Kier alpha value is -0.830. The number of hydrogen-bond acceptors (Lipinski definition) is 2. The number of aliphatic carboxylic acids is 1. The van der Waals surface area contributed by atoms with E-state index >= 15 is 0 Å². The third-order valence-corrected chi connectivity index (χ3v) is 1.90. The van der Waals surface area contributed by atoms with Gasteiger partial charge in [-0.05, 0) is 12.8 Å². The first kappa shape index (κ1) is 9.26. The molecule has 1 saturated heterocycles. The van der Waals surface area contributed by atoms with Crippen molar-refractivity contribution < 1.29 is 14.6 Å². The Kier molecular flexibility index (Phi) is 3.80. The van der Waals surface area contributed by atoms with Crippen LogP contribution >= 0.6 is 0 Å². The van der Waals surface area contributed by atoms with Crippen molar-refractivity contribution in [2.24, 2.45) is 5.92 Å². The molecule has 1 N–H and O–H groups in total. The van der Waals surface area contributed by atoms with Crippen molar-refractivity contribution in [1.82, 2.24) is 0 Å². The van der Waals surface area contributed by atoms with Crippen molar-refractivity contribution in [2.75, 3.05) is 13.2 Å². The van der Waals surface area contributed by atoms with Gasteiger partial charge in [0.05, 0.1) is 13.0 Å². The summed E-state index contributed by atoms with van der Waals surface area (Å²) >= 11 is 0. The lowest BCUT2D eigenvalue weighted by molar-refractivity contribution is -0.136. The Labute approximate surface area is 72.0 Å². The molecule has 0 aromatic rings. The van der Waals surface area contributed by atoms with Crippen molar-refractivity contribution >= 4 is 5.97 Å². The van der Waals surface area contributed by atoms with Crippen LogP contribution in [-0.2, 0) is 9.53 Å². The zero-order valence-electron chi connectivity index (χ0n) is 7.03. The average molecular weight is 170 g/mol. The molecule has 68 valence electrons. The predicted molar refractivity (Wildman–Crippen MR) is 44.9 cm³/mol. The van der Waals surface area contributed by atoms with Crippen LogP contribution in [0.2, 0.25) is 0 Å². The van der Waals surface area contributed by atoms with Gasteiger partial charge in [0.15, 0.2) is 0 Å². The second kappa shape index (κ2) is 4.93. The highest BCUT2D eigenvalue weighted by Gasteiger charge is 2.09. The third kappa shape index (κ3) is 3.53. The molecule has 1 rings (SSSR count). The molecule has 3 nitrogen and oxygen atoms in total. The third-order valence-electron chi connectivity index (χ3n) is 1.90. The summed E-state index contributed by atoms with van der Waals surface area (Å²) in [6, 6.07) is 0. The molecule has 1 unspecified atom stereocenters. The minimum atomic E-state index is -0.775. The maximum atomic E-state index is 10.2. The molecular weight excluding hydrogens is 156 g/mol. The summed E-state index contributed by atoms with van der Waals surface area (Å²) in [6.07, 6.45) is 5.99. The van der Waals surface area contributed by atoms with E-state index in [4.69, 9.17) is 9.84 Å². The molecule has 0 spiro atoms. The summed E-state index contributed by atoms with van der Waals surface area (Å²) in [5.74, 6) is -0.346. The van der Waals surface area contributed by atoms with E-state index in [1.54, 1.807) is 6.08 Å². The highest BCUT2D eigenvalue weighted by atomic mass is 16.5. The fourth-order valence-electron chi connectivity index (χ4n) is 1.28. The van der Waals surface area contributed by atoms with Crippen molar-refractivity contribution in [1.29, 1.82) is 0 Å². The topological polar surface area (TPSA) is 46.5 Å². The van der Waals surface area contributed by atoms with Crippen molar-refractivity contribution in [3.8, 4) is 0 Å². The van der Waals surface area contributed by atoms with Crippen molar-refractivity contribution in [2.45, 2.75) is 19.3 Å². The minimum absolute atomic E-state index is 0.122. The highest BCUT2D eigenvalue weighted by Crippen LogP contribution is 2.14. The number of ether oxygens (including phenoxy) is 1. The van der Waals surface area contributed by atoms with Gasteiger partial charge in [-0.2, -0.15) is 0 Å². The van der Waals surface area contributed by atoms with Crippen LogP contribution in [0.3, 0.4) is 0 Å². The second-order valence-electron chi connectivity index (χ2n) is 3.00. The van der Waals surface area contributed by atoms with Gasteiger partial charge in [-0.3, -0.25) is 4.79 Å². The van der Waals surface area contributed by atoms with E-state index in [1.165, 1.54) is 0 Å². The Balaban J connectivity index is 2.19. The van der Waals surface area contributed by atoms with E-state index in [2.05, 4.69) is 0 Å². The number of hydrogen-bond donors (Lipinski definition) is 1. The quantitative estimate of drug-likeness (QED) is 0.652. The van der Waals surface area contributed by atoms with Gasteiger partial charge in [-0.1, -0.05) is 12.2 Å². The van der Waals surface area contributed by atoms with Crippen molar-refractivity contribution in [3.63, 3.8) is 0 Å². The second-order valence-corrected chi connectivity index (χ2v) is 3.00. The van der Waals surface area contributed by atoms with E-state index < -0.39 is 5.97 Å². The van der Waals surface area contributed by atoms with E-state index in [-0.39, 0.29) is 6.42 Å². The largest absolute Gasteiger partial charge is 0.481 e. The fourth-order valence-corrected chi connectivity index (χ4v) is 1.28. The van der Waals surface area contributed by atoms with Crippen LogP contribution in [0.4, 0.5) is 0 Å². The average Bonchev–Trinajstić information content (AvgIpc) is 2.05. The fraction of sp³-hybridized carbons (Fsp3) is 0.667. The first-order valence-corrected chi connectivity index (χ1v) is 4.25. The zero-order chi connectivity index (χ0) is 8.81. The van der Waals surface area contributed by atoms with Crippen LogP contribution in [0, 0.1) is 5.92 Å². The van der Waals surface area contributed by atoms with Gasteiger partial charge in [0.1, 0.15) is 0 Å². The van der Waals surface area contributed by atoms with Crippen molar-refractivity contribution in [3.05, 3.63) is 12.2 Å². The molecule has 1 heterocycles. The molecule has 3 heteroatoms. The summed E-state index contributed by atoms with van der Waals surface area (Å²) < 4.78 is 5.24. The number of carboxylic acid groups (broad SMARTS) is 1. The monoisotopic (exact) mass is 170 g/mol. The van der Waals surface area contributed by atoms with Crippen LogP contribution < -0.4 is 0 Å². The summed E-state index contributed by atoms with van der Waals surface area (Å²) in [5, 5.41) is 8.36. The van der Waals surface area contributed by atoms with E-state index in [9.17, 15) is 4.79 Å². The smallest absolute Gasteiger partial charge is 0.307 e. The summed E-state index contributed by atoms with van der Waals surface area (Å²) in [7, 11) is 0. The molecule has 1 aliphatic rings. The first-order valence-electron chi connectivity index (χ1n) is 4.25. The number of rotatable bonds is 3. The molecule has 0 saturated carbocycles. The lowest BCUT2D eigenvalue weighted by atomic mass is 10.0. The summed E-state index contributed by atoms with van der Waals surface area (Å²) in [5.41, 5.74) is 0. The van der Waals surface area contributed by atoms with Crippen LogP contribution in [-0.4, -0.2) is 24.3 Å². The SMILES string of the molecule is O=C(O)C/C=C\C1CCCOC1. The molecule has 0 aromatic carbocycles. The number of carbonyl (C=O) groups is 1. The highest BCUT2D eigenvalue weighted by molar-refractivity contribution is 5.68. The maximum absolute atomic E-state index is 10.2. The zero-order valence-corrected chi connectivity index (χ0v) is 7.03. The van der Waals surface area contributed by atoms with E-state index in [1.807, 2.05) is 6.08 Å². The molecule has 0 bridgehead atoms. The Morgan fingerprint density at radius 2 is 2.50 bits per heavy atom. The Bertz CT molecular complexity index is 169. The lowest BCUT2D eigenvalue weighted by Gasteiger charge is -2.18. The summed E-state index contributed by atoms with van der Waals surface area (Å²) in [4.78, 5) is 10.2. The van der Waals surface area contributed by atoms with Gasteiger partial charge in [0.25, 0.3) is 0 Å². The molecule has 0 amide bonds. The Morgan fingerprint density at radius 3 is 3.08 bits per heavy atom. The lowest BCUT2D eigenvalue weighted by Crippen LogP contribution is -2.15. The van der Waals surface area contributed by atoms with Gasteiger partial charge in [0.2, 0.25) is 0 Å².